The van der Waals surface area contributed by atoms with Crippen molar-refractivity contribution in [3.8, 4) is 0 Å². The summed E-state index contributed by atoms with van der Waals surface area (Å²) in [5, 5.41) is 4.72. The second-order valence-corrected chi connectivity index (χ2v) is 2.11. The van der Waals surface area contributed by atoms with Crippen molar-refractivity contribution in [2.75, 3.05) is 0 Å². The van der Waals surface area contributed by atoms with Gasteiger partial charge in [-0.3, -0.25) is 0 Å². The van der Waals surface area contributed by atoms with E-state index in [1.807, 2.05) is 0 Å². The maximum Gasteiger partial charge on any atom is 0.431 e. The van der Waals surface area contributed by atoms with Crippen LogP contribution in [0.4, 0.5) is 26.3 Å². The van der Waals surface area contributed by atoms with Crippen molar-refractivity contribution in [2.24, 2.45) is 0 Å². The first-order valence-corrected chi connectivity index (χ1v) is 2.86. The summed E-state index contributed by atoms with van der Waals surface area (Å²) in [5.41, 5.74) is -3.28. The molecule has 0 unspecified atom stereocenters. The minimum Gasteiger partial charge on any atom is -0.571 e. The maximum atomic E-state index is 11.7. The fraction of sp³-hybridized carbons (Fsp3) is 0.400. The molecule has 0 aliphatic rings. The van der Waals surface area contributed by atoms with E-state index in [2.05, 4.69) is 10.2 Å². The largest absolute Gasteiger partial charge is 0.571 e. The van der Waals surface area contributed by atoms with E-state index in [4.69, 9.17) is 0 Å². The molecule has 1 rings (SSSR count). The summed E-state index contributed by atoms with van der Waals surface area (Å²) in [6.07, 6.45) is -9.78. The van der Waals surface area contributed by atoms with E-state index in [0.717, 1.165) is 0 Å². The first-order valence-electron chi connectivity index (χ1n) is 2.86. The fourth-order valence-corrected chi connectivity index (χ4v) is 0.572. The molecule has 1 aromatic rings. The Kier molecular flexibility index (Phi) is 2.01. The van der Waals surface area contributed by atoms with Crippen molar-refractivity contribution < 1.29 is 26.3 Å². The Bertz CT molecular complexity index is 266. The van der Waals surface area contributed by atoms with E-state index >= 15 is 0 Å². The van der Waals surface area contributed by atoms with Crippen LogP contribution < -0.4 is 5.10 Å². The highest BCUT2D eigenvalue weighted by Crippen LogP contribution is 2.32. The zero-order valence-electron chi connectivity index (χ0n) is 5.74. The molecule has 2 nitrogen and oxygen atoms in total. The number of rotatable bonds is 0. The lowest BCUT2D eigenvalue weighted by Crippen LogP contribution is -2.06. The van der Waals surface area contributed by atoms with Gasteiger partial charge in [-0.1, -0.05) is 0 Å². The molecule has 13 heavy (non-hydrogen) atoms. The lowest BCUT2D eigenvalue weighted by molar-refractivity contribution is -0.143. The van der Waals surface area contributed by atoms with E-state index in [1.165, 1.54) is 0 Å². The van der Waals surface area contributed by atoms with Crippen LogP contribution in [-0.2, 0) is 12.4 Å². The molecule has 0 fully saturated rings. The highest BCUT2D eigenvalue weighted by molar-refractivity contribution is 5.13. The molecule has 0 aliphatic heterocycles. The van der Waals surface area contributed by atoms with Gasteiger partial charge in [0.2, 0.25) is 0 Å². The number of alkyl halides is 6. The van der Waals surface area contributed by atoms with E-state index in [-0.39, 0.29) is 6.07 Å². The van der Waals surface area contributed by atoms with Crippen molar-refractivity contribution in [3.63, 3.8) is 0 Å². The SMILES string of the molecule is FC(F)(F)c1cc(C(F)(F)F)[n-]n1. The van der Waals surface area contributed by atoms with Crippen molar-refractivity contribution in [1.82, 2.24) is 10.2 Å². The molecule has 0 spiro atoms. The molecule has 0 aliphatic carbocycles. The summed E-state index contributed by atoms with van der Waals surface area (Å²) in [6.45, 7) is 0. The standard InChI is InChI=1S/C5HF6N2/c6-4(7,8)2-1-3(13-12-2)5(9,10)11/h1H/q-1. The van der Waals surface area contributed by atoms with Gasteiger partial charge in [-0.05, 0) is 11.8 Å². The fourth-order valence-electron chi connectivity index (χ4n) is 0.572. The second kappa shape index (κ2) is 2.64. The Balaban J connectivity index is 3.01. The van der Waals surface area contributed by atoms with Gasteiger partial charge in [-0.2, -0.15) is 26.3 Å². The Morgan fingerprint density at radius 1 is 1.00 bits per heavy atom. The zero-order chi connectivity index (χ0) is 10.3. The number of aromatic nitrogens is 2. The van der Waals surface area contributed by atoms with Crippen LogP contribution in [0.5, 0.6) is 0 Å². The lowest BCUT2D eigenvalue weighted by atomic mass is 10.3. The monoisotopic (exact) mass is 203 g/mol. The molecule has 0 aromatic carbocycles. The molecule has 1 aromatic heterocycles. The van der Waals surface area contributed by atoms with Gasteiger partial charge in [-0.15, -0.1) is 0 Å². The third kappa shape index (κ3) is 2.13. The zero-order valence-corrected chi connectivity index (χ0v) is 5.74. The van der Waals surface area contributed by atoms with Gasteiger partial charge in [0.05, 0.1) is 0 Å². The normalized spacial score (nSPS) is 13.4. The molecule has 8 heteroatoms. The van der Waals surface area contributed by atoms with Gasteiger partial charge in [0.25, 0.3) is 0 Å². The molecular weight excluding hydrogens is 202 g/mol. The van der Waals surface area contributed by atoms with E-state index < -0.39 is 23.7 Å². The Morgan fingerprint density at radius 2 is 1.54 bits per heavy atom. The first kappa shape index (κ1) is 9.87. The summed E-state index contributed by atoms with van der Waals surface area (Å²) in [4.78, 5) is 0. The van der Waals surface area contributed by atoms with Crippen molar-refractivity contribution in [1.29, 1.82) is 0 Å². The van der Waals surface area contributed by atoms with E-state index in [1.54, 1.807) is 0 Å². The quantitative estimate of drug-likeness (QED) is 0.603. The van der Waals surface area contributed by atoms with Crippen LogP contribution in [0.15, 0.2) is 6.07 Å². The topological polar surface area (TPSA) is 27.0 Å². The third-order valence-electron chi connectivity index (χ3n) is 1.12. The Hall–Kier alpha value is -1.21. The maximum absolute atomic E-state index is 11.7. The summed E-state index contributed by atoms with van der Waals surface area (Å²) < 4.78 is 70.3. The minimum atomic E-state index is -4.89. The lowest BCUT2D eigenvalue weighted by Gasteiger charge is -2.08. The van der Waals surface area contributed by atoms with Gasteiger partial charge in [-0.25, -0.2) is 0 Å². The molecule has 1 heterocycles. The average molecular weight is 203 g/mol. The molecule has 74 valence electrons. The van der Waals surface area contributed by atoms with Crippen LogP contribution in [0.25, 0.3) is 0 Å². The van der Waals surface area contributed by atoms with Gasteiger partial charge in [0, 0.05) is 0 Å². The van der Waals surface area contributed by atoms with Gasteiger partial charge in [0.1, 0.15) is 5.69 Å². The molecule has 0 saturated carbocycles. The number of hydrogen-bond donors (Lipinski definition) is 0. The highest BCUT2D eigenvalue weighted by atomic mass is 19.4. The number of nitrogens with zero attached hydrogens (tertiary/aromatic N) is 2. The molecular formula is C5HF6N2-. The van der Waals surface area contributed by atoms with E-state index in [0.29, 0.717) is 0 Å². The smallest absolute Gasteiger partial charge is 0.431 e. The van der Waals surface area contributed by atoms with Crippen LogP contribution in [0.3, 0.4) is 0 Å². The van der Waals surface area contributed by atoms with Gasteiger partial charge < -0.3 is 10.2 Å². The number of hydrogen-bond acceptors (Lipinski definition) is 1. The van der Waals surface area contributed by atoms with Crippen molar-refractivity contribution in [3.05, 3.63) is 17.5 Å². The predicted octanol–water partition coefficient (Wildman–Crippen LogP) is 2.08. The molecule has 0 N–H and O–H groups in total. The molecule has 0 saturated heterocycles. The summed E-state index contributed by atoms with van der Waals surface area (Å²) in [7, 11) is 0. The van der Waals surface area contributed by atoms with Crippen molar-refractivity contribution >= 4 is 0 Å². The highest BCUT2D eigenvalue weighted by Gasteiger charge is 2.35. The second-order valence-electron chi connectivity index (χ2n) is 2.11. The predicted molar refractivity (Wildman–Crippen MR) is 27.6 cm³/mol. The van der Waals surface area contributed by atoms with Crippen LogP contribution >= 0.6 is 0 Å². The van der Waals surface area contributed by atoms with Crippen LogP contribution in [0.2, 0.25) is 0 Å². The van der Waals surface area contributed by atoms with Crippen molar-refractivity contribution in [2.45, 2.75) is 12.4 Å². The van der Waals surface area contributed by atoms with Gasteiger partial charge >= 0.3 is 12.4 Å². The number of halogens is 6. The molecule has 0 radical (unpaired) electrons. The van der Waals surface area contributed by atoms with Crippen LogP contribution in [-0.4, -0.2) is 5.10 Å². The molecule has 0 atom stereocenters. The van der Waals surface area contributed by atoms with Crippen LogP contribution in [0, 0.1) is 0 Å². The average Bonchev–Trinajstić information content (AvgIpc) is 2.28. The third-order valence-corrected chi connectivity index (χ3v) is 1.12. The van der Waals surface area contributed by atoms with Gasteiger partial charge in [0.15, 0.2) is 0 Å². The van der Waals surface area contributed by atoms with E-state index in [9.17, 15) is 26.3 Å². The molecule has 0 bridgehead atoms. The summed E-state index contributed by atoms with van der Waals surface area (Å²) >= 11 is 0. The molecule has 0 amide bonds. The summed E-state index contributed by atoms with van der Waals surface area (Å²) in [6, 6.07) is -0.139. The first-order chi connectivity index (χ1) is 5.71. The Labute approximate surface area is 67.6 Å². The Morgan fingerprint density at radius 3 is 1.77 bits per heavy atom. The van der Waals surface area contributed by atoms with Crippen LogP contribution in [0.1, 0.15) is 11.4 Å². The minimum absolute atomic E-state index is 0.139. The summed E-state index contributed by atoms with van der Waals surface area (Å²) in [5.74, 6) is 0.